The van der Waals surface area contributed by atoms with Crippen molar-refractivity contribution < 1.29 is 27.9 Å². The number of benzene rings is 1. The van der Waals surface area contributed by atoms with Gasteiger partial charge in [0.15, 0.2) is 0 Å². The fourth-order valence-corrected chi connectivity index (χ4v) is 1.78. The molecule has 0 atom stereocenters. The van der Waals surface area contributed by atoms with Gasteiger partial charge in [0.1, 0.15) is 0 Å². The quantitative estimate of drug-likeness (QED) is 0.909. The average molecular weight is 303 g/mol. The minimum Gasteiger partial charge on any atom is -0.481 e. The Hall–Kier alpha value is -2.05. The molecule has 7 heteroatoms. The van der Waals surface area contributed by atoms with Gasteiger partial charge in [0.25, 0.3) is 5.91 Å². The molecule has 1 aromatic carbocycles. The highest BCUT2D eigenvalue weighted by Crippen LogP contribution is 2.29. The van der Waals surface area contributed by atoms with Crippen LogP contribution < -0.4 is 0 Å². The van der Waals surface area contributed by atoms with Gasteiger partial charge in [-0.15, -0.1) is 0 Å². The third kappa shape index (κ3) is 4.77. The van der Waals surface area contributed by atoms with Crippen molar-refractivity contribution in [3.63, 3.8) is 0 Å². The van der Waals surface area contributed by atoms with Crippen LogP contribution in [-0.4, -0.2) is 34.5 Å². The molecule has 0 aliphatic rings. The second kappa shape index (κ2) is 6.60. The van der Waals surface area contributed by atoms with E-state index >= 15 is 0 Å². The van der Waals surface area contributed by atoms with Crippen LogP contribution in [0.5, 0.6) is 0 Å². The summed E-state index contributed by atoms with van der Waals surface area (Å²) in [7, 11) is 0. The van der Waals surface area contributed by atoms with Crippen molar-refractivity contribution in [2.24, 2.45) is 0 Å². The molecule has 0 unspecified atom stereocenters. The van der Waals surface area contributed by atoms with Gasteiger partial charge in [0.2, 0.25) is 0 Å². The molecule has 1 N–H and O–H groups in total. The highest BCUT2D eigenvalue weighted by Gasteiger charge is 2.30. The van der Waals surface area contributed by atoms with Crippen molar-refractivity contribution in [3.8, 4) is 0 Å². The van der Waals surface area contributed by atoms with Crippen LogP contribution >= 0.6 is 0 Å². The van der Waals surface area contributed by atoms with Crippen molar-refractivity contribution in [1.82, 2.24) is 4.90 Å². The van der Waals surface area contributed by atoms with E-state index in [1.165, 1.54) is 4.90 Å². The van der Waals surface area contributed by atoms with Gasteiger partial charge >= 0.3 is 12.1 Å². The zero-order chi connectivity index (χ0) is 16.2. The summed E-state index contributed by atoms with van der Waals surface area (Å²) < 4.78 is 37.4. The maximum absolute atomic E-state index is 12.5. The summed E-state index contributed by atoms with van der Waals surface area (Å²) in [5, 5.41) is 8.66. The van der Waals surface area contributed by atoms with Crippen LogP contribution in [0.3, 0.4) is 0 Å². The number of halogens is 3. The summed E-state index contributed by atoms with van der Waals surface area (Å²) in [6.07, 6.45) is -4.67. The standard InChI is InChI=1S/C14H16F3NO3/c1-9(2)18(8-7-12(19)20)13(21)10-3-5-11(6-4-10)14(15,16)17/h3-6,9H,7-8H2,1-2H3,(H,19,20). The number of carbonyl (C=O) groups excluding carboxylic acids is 1. The Kier molecular flexibility index (Phi) is 5.34. The third-order valence-corrected chi connectivity index (χ3v) is 2.91. The molecule has 0 aliphatic carbocycles. The number of carboxylic acid groups (broad SMARTS) is 1. The maximum Gasteiger partial charge on any atom is 0.416 e. The van der Waals surface area contributed by atoms with E-state index in [9.17, 15) is 22.8 Å². The van der Waals surface area contributed by atoms with E-state index in [-0.39, 0.29) is 24.6 Å². The topological polar surface area (TPSA) is 57.6 Å². The molecule has 1 rings (SSSR count). The molecule has 0 bridgehead atoms. The molecule has 0 heterocycles. The van der Waals surface area contributed by atoms with Gasteiger partial charge in [-0.2, -0.15) is 13.2 Å². The van der Waals surface area contributed by atoms with Crippen LogP contribution in [0.1, 0.15) is 36.2 Å². The fraction of sp³-hybridized carbons (Fsp3) is 0.429. The van der Waals surface area contributed by atoms with Crippen molar-refractivity contribution in [1.29, 1.82) is 0 Å². The predicted octanol–water partition coefficient (Wildman–Crippen LogP) is 3.03. The molecule has 0 fully saturated rings. The molecular weight excluding hydrogens is 287 g/mol. The molecule has 0 aliphatic heterocycles. The fourth-order valence-electron chi connectivity index (χ4n) is 1.78. The van der Waals surface area contributed by atoms with Crippen molar-refractivity contribution in [2.75, 3.05) is 6.54 Å². The average Bonchev–Trinajstić information content (AvgIpc) is 2.37. The molecule has 0 saturated carbocycles. The monoisotopic (exact) mass is 303 g/mol. The Morgan fingerprint density at radius 3 is 2.10 bits per heavy atom. The molecule has 116 valence electrons. The molecule has 0 saturated heterocycles. The van der Waals surface area contributed by atoms with Gasteiger partial charge < -0.3 is 10.0 Å². The number of hydrogen-bond acceptors (Lipinski definition) is 2. The summed E-state index contributed by atoms with van der Waals surface area (Å²) >= 11 is 0. The van der Waals surface area contributed by atoms with E-state index in [4.69, 9.17) is 5.11 Å². The Labute approximate surface area is 120 Å². The Bertz CT molecular complexity index is 509. The van der Waals surface area contributed by atoms with Gasteiger partial charge in [-0.3, -0.25) is 9.59 Å². The Morgan fingerprint density at radius 2 is 1.71 bits per heavy atom. The molecule has 1 aromatic rings. The molecule has 0 aromatic heterocycles. The number of hydrogen-bond donors (Lipinski definition) is 1. The lowest BCUT2D eigenvalue weighted by Gasteiger charge is -2.26. The minimum atomic E-state index is -4.46. The molecule has 0 spiro atoms. The van der Waals surface area contributed by atoms with Crippen LogP contribution in [0, 0.1) is 0 Å². The first-order chi connectivity index (χ1) is 9.62. The second-order valence-corrected chi connectivity index (χ2v) is 4.81. The van der Waals surface area contributed by atoms with E-state index in [0.717, 1.165) is 24.3 Å². The number of rotatable bonds is 5. The number of aliphatic carboxylic acids is 1. The first-order valence-corrected chi connectivity index (χ1v) is 6.33. The van der Waals surface area contributed by atoms with Gasteiger partial charge in [0, 0.05) is 18.2 Å². The van der Waals surface area contributed by atoms with Crippen LogP contribution in [0.15, 0.2) is 24.3 Å². The minimum absolute atomic E-state index is 0.00680. The van der Waals surface area contributed by atoms with Crippen LogP contribution in [0.4, 0.5) is 13.2 Å². The molecular formula is C14H16F3NO3. The summed E-state index contributed by atoms with van der Waals surface area (Å²) in [5.74, 6) is -1.53. The first kappa shape index (κ1) is 17.0. The van der Waals surface area contributed by atoms with E-state index in [2.05, 4.69) is 0 Å². The van der Waals surface area contributed by atoms with Gasteiger partial charge in [0.05, 0.1) is 12.0 Å². The van der Waals surface area contributed by atoms with E-state index < -0.39 is 23.6 Å². The van der Waals surface area contributed by atoms with Crippen LogP contribution in [-0.2, 0) is 11.0 Å². The first-order valence-electron chi connectivity index (χ1n) is 6.33. The number of alkyl halides is 3. The SMILES string of the molecule is CC(C)N(CCC(=O)O)C(=O)c1ccc(C(F)(F)F)cc1. The summed E-state index contributed by atoms with van der Waals surface area (Å²) in [5.41, 5.74) is -0.734. The third-order valence-electron chi connectivity index (χ3n) is 2.91. The predicted molar refractivity (Wildman–Crippen MR) is 69.9 cm³/mol. The molecule has 0 radical (unpaired) electrons. The Balaban J connectivity index is 2.91. The lowest BCUT2D eigenvalue weighted by Crippen LogP contribution is -2.38. The highest BCUT2D eigenvalue weighted by atomic mass is 19.4. The Morgan fingerprint density at radius 1 is 1.19 bits per heavy atom. The lowest BCUT2D eigenvalue weighted by atomic mass is 10.1. The molecule has 21 heavy (non-hydrogen) atoms. The van der Waals surface area contributed by atoms with Crippen molar-refractivity contribution in [3.05, 3.63) is 35.4 Å². The van der Waals surface area contributed by atoms with Crippen LogP contribution in [0.25, 0.3) is 0 Å². The zero-order valence-electron chi connectivity index (χ0n) is 11.6. The summed E-state index contributed by atoms with van der Waals surface area (Å²) in [6, 6.07) is 3.62. The molecule has 1 amide bonds. The second-order valence-electron chi connectivity index (χ2n) is 4.81. The summed E-state index contributed by atoms with van der Waals surface area (Å²) in [6.45, 7) is 3.43. The van der Waals surface area contributed by atoms with Gasteiger partial charge in [-0.1, -0.05) is 0 Å². The number of carbonyl (C=O) groups is 2. The normalized spacial score (nSPS) is 11.5. The largest absolute Gasteiger partial charge is 0.481 e. The van der Waals surface area contributed by atoms with E-state index in [1.807, 2.05) is 0 Å². The number of carboxylic acids is 1. The summed E-state index contributed by atoms with van der Waals surface area (Å²) in [4.78, 5) is 24.1. The van der Waals surface area contributed by atoms with E-state index in [1.54, 1.807) is 13.8 Å². The smallest absolute Gasteiger partial charge is 0.416 e. The van der Waals surface area contributed by atoms with E-state index in [0.29, 0.717) is 0 Å². The van der Waals surface area contributed by atoms with Gasteiger partial charge in [-0.05, 0) is 38.1 Å². The van der Waals surface area contributed by atoms with Gasteiger partial charge in [-0.25, -0.2) is 0 Å². The highest BCUT2D eigenvalue weighted by molar-refractivity contribution is 5.94. The zero-order valence-corrected chi connectivity index (χ0v) is 11.6. The maximum atomic E-state index is 12.5. The number of nitrogens with zero attached hydrogens (tertiary/aromatic N) is 1. The molecule has 4 nitrogen and oxygen atoms in total. The number of amides is 1. The van der Waals surface area contributed by atoms with Crippen LogP contribution in [0.2, 0.25) is 0 Å². The van der Waals surface area contributed by atoms with Crippen molar-refractivity contribution >= 4 is 11.9 Å². The lowest BCUT2D eigenvalue weighted by molar-refractivity contribution is -0.138. The van der Waals surface area contributed by atoms with Crippen molar-refractivity contribution in [2.45, 2.75) is 32.5 Å².